The average molecular weight is 379 g/mol. The highest BCUT2D eigenvalue weighted by Crippen LogP contribution is 2.35. The number of ether oxygens (including phenoxy) is 2. The predicted octanol–water partition coefficient (Wildman–Crippen LogP) is 3.19. The molecule has 0 bridgehead atoms. The highest BCUT2D eigenvalue weighted by molar-refractivity contribution is 6.14. The molecule has 0 radical (unpaired) electrons. The largest absolute Gasteiger partial charge is 0.595 e. The van der Waals surface area contributed by atoms with Crippen molar-refractivity contribution in [2.45, 2.75) is 13.5 Å². The molecule has 1 atom stereocenters. The minimum atomic E-state index is -0.971. The van der Waals surface area contributed by atoms with Gasteiger partial charge in [-0.3, -0.25) is 4.79 Å². The number of quaternary nitrogens is 1. The maximum Gasteiger partial charge on any atom is 0.232 e. The smallest absolute Gasteiger partial charge is 0.232 e. The van der Waals surface area contributed by atoms with Crippen LogP contribution in [0.15, 0.2) is 64.8 Å². The van der Waals surface area contributed by atoms with E-state index in [-0.39, 0.29) is 23.8 Å². The summed E-state index contributed by atoms with van der Waals surface area (Å²) in [5, 5.41) is 18.8. The van der Waals surface area contributed by atoms with Crippen LogP contribution < -0.4 is 14.7 Å². The van der Waals surface area contributed by atoms with Crippen molar-refractivity contribution in [2.24, 2.45) is 0 Å². The molecule has 2 aromatic carbocycles. The number of hydrogen-bond acceptors (Lipinski definition) is 6. The van der Waals surface area contributed by atoms with Crippen LogP contribution >= 0.6 is 0 Å². The van der Waals surface area contributed by atoms with E-state index in [0.29, 0.717) is 22.8 Å². The molecule has 1 aliphatic heterocycles. The fourth-order valence-corrected chi connectivity index (χ4v) is 2.83. The molecule has 0 fully saturated rings. The van der Waals surface area contributed by atoms with Gasteiger partial charge in [-0.1, -0.05) is 0 Å². The third kappa shape index (κ3) is 3.67. The zero-order valence-electron chi connectivity index (χ0n) is 15.0. The average Bonchev–Trinajstić information content (AvgIpc) is 3.23. The molecule has 0 saturated heterocycles. The Bertz CT molecular complexity index is 1050. The van der Waals surface area contributed by atoms with E-state index in [1.165, 1.54) is 12.1 Å². The summed E-state index contributed by atoms with van der Waals surface area (Å²) in [6.45, 7) is 2.09. The van der Waals surface area contributed by atoms with E-state index < -0.39 is 5.23 Å². The molecule has 7 heteroatoms. The molecule has 28 heavy (non-hydrogen) atoms. The van der Waals surface area contributed by atoms with Crippen LogP contribution in [0.1, 0.15) is 27.4 Å². The van der Waals surface area contributed by atoms with Gasteiger partial charge in [0.1, 0.15) is 29.6 Å². The van der Waals surface area contributed by atoms with Crippen LogP contribution in [0.2, 0.25) is 0 Å². The van der Waals surface area contributed by atoms with Gasteiger partial charge in [-0.15, -0.1) is 0 Å². The summed E-state index contributed by atoms with van der Waals surface area (Å²) < 4.78 is 16.9. The standard InChI is InChI=1S/C21H17NO6/c1-13-2-7-17(27-13)11-20-21(23)18-9-8-16(10-19(18)28-20)26-12-14-3-5-15(6-4-14)22(24)25/h2-11,22,24H,12H2,1H3. The quantitative estimate of drug-likeness (QED) is 0.522. The van der Waals surface area contributed by atoms with Gasteiger partial charge >= 0.3 is 0 Å². The number of fused-ring (bicyclic) bond motifs is 1. The Morgan fingerprint density at radius 2 is 1.93 bits per heavy atom. The molecule has 0 saturated carbocycles. The number of ketones is 1. The second-order valence-corrected chi connectivity index (χ2v) is 6.34. The molecule has 0 aliphatic carbocycles. The van der Waals surface area contributed by atoms with Crippen molar-refractivity contribution >= 4 is 17.5 Å². The van der Waals surface area contributed by atoms with E-state index in [4.69, 9.17) is 19.1 Å². The highest BCUT2D eigenvalue weighted by Gasteiger charge is 2.28. The monoisotopic (exact) mass is 379 g/mol. The molecule has 2 heterocycles. The van der Waals surface area contributed by atoms with E-state index in [1.54, 1.807) is 42.5 Å². The Morgan fingerprint density at radius 1 is 1.14 bits per heavy atom. The highest BCUT2D eigenvalue weighted by atomic mass is 16.8. The number of hydrogen-bond donors (Lipinski definition) is 2. The van der Waals surface area contributed by atoms with Crippen molar-refractivity contribution < 1.29 is 29.1 Å². The lowest BCUT2D eigenvalue weighted by atomic mass is 10.1. The summed E-state index contributed by atoms with van der Waals surface area (Å²) in [6.07, 6.45) is 1.57. The fraction of sp³-hybridized carbons (Fsp3) is 0.0952. The lowest BCUT2D eigenvalue weighted by molar-refractivity contribution is -0.991. The first-order chi connectivity index (χ1) is 13.5. The van der Waals surface area contributed by atoms with Gasteiger partial charge in [0.05, 0.1) is 5.56 Å². The Hall–Kier alpha value is -3.39. The van der Waals surface area contributed by atoms with Crippen LogP contribution in [0.5, 0.6) is 11.5 Å². The van der Waals surface area contributed by atoms with Gasteiger partial charge in [-0.25, -0.2) is 5.21 Å². The SMILES string of the molecule is Cc1ccc(C=C2Oc3cc(OCc4ccc([NH+]([O-])O)cc4)ccc3C2=O)o1. The number of allylic oxidation sites excluding steroid dienone is 1. The zero-order chi connectivity index (χ0) is 19.7. The van der Waals surface area contributed by atoms with E-state index in [2.05, 4.69) is 0 Å². The summed E-state index contributed by atoms with van der Waals surface area (Å²) in [4.78, 5) is 12.5. The third-order valence-corrected chi connectivity index (χ3v) is 4.28. The molecule has 1 aromatic heterocycles. The Kier molecular flexibility index (Phi) is 4.70. The first-order valence-electron chi connectivity index (χ1n) is 8.59. The van der Waals surface area contributed by atoms with Crippen molar-refractivity contribution in [3.63, 3.8) is 0 Å². The summed E-state index contributed by atoms with van der Waals surface area (Å²) in [7, 11) is 0. The topological polar surface area (TPSA) is 96.4 Å². The minimum Gasteiger partial charge on any atom is -0.595 e. The van der Waals surface area contributed by atoms with Crippen LogP contribution in [-0.4, -0.2) is 11.0 Å². The number of rotatable bonds is 5. The summed E-state index contributed by atoms with van der Waals surface area (Å²) >= 11 is 0. The first-order valence-corrected chi connectivity index (χ1v) is 8.59. The molecular weight excluding hydrogens is 362 g/mol. The number of nitrogens with one attached hydrogen (secondary N) is 1. The van der Waals surface area contributed by atoms with E-state index >= 15 is 0 Å². The normalized spacial score (nSPS) is 15.4. The number of furan rings is 1. The van der Waals surface area contributed by atoms with Crippen molar-refractivity contribution in [3.05, 3.63) is 88.2 Å². The summed E-state index contributed by atoms with van der Waals surface area (Å²) in [5.41, 5.74) is 1.52. The van der Waals surface area contributed by atoms with Crippen LogP contribution in [0, 0.1) is 12.1 Å². The molecule has 2 N–H and O–H groups in total. The van der Waals surface area contributed by atoms with Crippen molar-refractivity contribution in [3.8, 4) is 11.5 Å². The van der Waals surface area contributed by atoms with Crippen LogP contribution in [0.4, 0.5) is 5.69 Å². The Balaban J connectivity index is 1.46. The fourth-order valence-electron chi connectivity index (χ4n) is 2.83. The van der Waals surface area contributed by atoms with Gasteiger partial charge in [0, 0.05) is 24.3 Å². The number of carbonyl (C=O) groups excluding carboxylic acids is 1. The van der Waals surface area contributed by atoms with Gasteiger partial charge in [0.25, 0.3) is 0 Å². The molecule has 7 nitrogen and oxygen atoms in total. The molecule has 0 amide bonds. The van der Waals surface area contributed by atoms with E-state index in [1.807, 2.05) is 13.0 Å². The second kappa shape index (κ2) is 7.32. The molecule has 1 aliphatic rings. The van der Waals surface area contributed by atoms with Crippen molar-refractivity contribution in [2.75, 3.05) is 0 Å². The Morgan fingerprint density at radius 3 is 2.61 bits per heavy atom. The Labute approximate surface area is 160 Å². The minimum absolute atomic E-state index is 0.200. The maximum absolute atomic E-state index is 12.5. The van der Waals surface area contributed by atoms with Gasteiger partial charge in [0.2, 0.25) is 5.78 Å². The molecular formula is C21H17NO6. The number of aryl methyl sites for hydroxylation is 1. The molecule has 3 aromatic rings. The first kappa shape index (κ1) is 18.0. The van der Waals surface area contributed by atoms with E-state index in [9.17, 15) is 10.0 Å². The van der Waals surface area contributed by atoms with Gasteiger partial charge < -0.3 is 19.1 Å². The molecule has 1 unspecified atom stereocenters. The van der Waals surface area contributed by atoms with Gasteiger partial charge in [0.15, 0.2) is 11.4 Å². The molecule has 0 spiro atoms. The number of carbonyl (C=O) groups is 1. The van der Waals surface area contributed by atoms with E-state index in [0.717, 1.165) is 11.3 Å². The zero-order valence-corrected chi connectivity index (χ0v) is 15.0. The van der Waals surface area contributed by atoms with Gasteiger partial charge in [-0.2, -0.15) is 5.23 Å². The molecule has 142 valence electrons. The van der Waals surface area contributed by atoms with Crippen molar-refractivity contribution in [1.29, 1.82) is 0 Å². The van der Waals surface area contributed by atoms with Crippen LogP contribution in [0.25, 0.3) is 6.08 Å². The summed E-state index contributed by atoms with van der Waals surface area (Å²) in [6, 6.07) is 15.1. The van der Waals surface area contributed by atoms with Crippen LogP contribution in [-0.2, 0) is 6.61 Å². The van der Waals surface area contributed by atoms with Crippen LogP contribution in [0.3, 0.4) is 0 Å². The number of Topliss-reactive ketones (excluding diaryl/α,β-unsaturated/α-hetero) is 1. The third-order valence-electron chi connectivity index (χ3n) is 4.28. The van der Waals surface area contributed by atoms with Crippen molar-refractivity contribution in [1.82, 2.24) is 0 Å². The predicted molar refractivity (Wildman–Crippen MR) is 99.4 cm³/mol. The lowest BCUT2D eigenvalue weighted by Crippen LogP contribution is -2.99. The van der Waals surface area contributed by atoms with Gasteiger partial charge in [-0.05, 0) is 48.9 Å². The maximum atomic E-state index is 12.5. The second-order valence-electron chi connectivity index (χ2n) is 6.34. The lowest BCUT2D eigenvalue weighted by Gasteiger charge is -2.12. The number of benzene rings is 2. The summed E-state index contributed by atoms with van der Waals surface area (Å²) in [5.74, 6) is 2.27. The molecule has 4 rings (SSSR count).